The molecule has 1 atom stereocenters. The van der Waals surface area contributed by atoms with Crippen LogP contribution in [0.25, 0.3) is 0 Å². The minimum atomic E-state index is -1.34. The van der Waals surface area contributed by atoms with E-state index in [1.165, 1.54) is 90.4 Å². The quantitative estimate of drug-likeness (QED) is 0.123. The van der Waals surface area contributed by atoms with Crippen molar-refractivity contribution >= 4 is 17.9 Å². The smallest absolute Gasteiger partial charge is 0.317 e. The number of ether oxygens (including phenoxy) is 2. The third-order valence-electron chi connectivity index (χ3n) is 6.17. The van der Waals surface area contributed by atoms with Crippen LogP contribution in [0.15, 0.2) is 0 Å². The van der Waals surface area contributed by atoms with Gasteiger partial charge in [0.15, 0.2) is 0 Å². The molecule has 2 N–H and O–H groups in total. The van der Waals surface area contributed by atoms with Crippen LogP contribution in [0.4, 0.5) is 0 Å². The number of aliphatic hydroxyl groups excluding tert-OH is 1. The van der Waals surface area contributed by atoms with Gasteiger partial charge in [0.25, 0.3) is 0 Å². The van der Waals surface area contributed by atoms with Crippen molar-refractivity contribution in [3.63, 3.8) is 0 Å². The van der Waals surface area contributed by atoms with E-state index >= 15 is 0 Å². The van der Waals surface area contributed by atoms with Gasteiger partial charge < -0.3 is 19.7 Å². The van der Waals surface area contributed by atoms with Crippen molar-refractivity contribution in [2.45, 2.75) is 129 Å². The molecule has 0 heterocycles. The third-order valence-corrected chi connectivity index (χ3v) is 6.17. The van der Waals surface area contributed by atoms with E-state index in [0.29, 0.717) is 0 Å². The van der Waals surface area contributed by atoms with E-state index in [9.17, 15) is 19.5 Å². The summed E-state index contributed by atoms with van der Waals surface area (Å²) >= 11 is 0. The highest BCUT2D eigenvalue weighted by Gasteiger charge is 2.36. The molecule has 0 amide bonds. The Morgan fingerprint density at radius 3 is 1.53 bits per heavy atom. The number of aliphatic carboxylic acids is 1. The van der Waals surface area contributed by atoms with Crippen LogP contribution >= 0.6 is 0 Å². The van der Waals surface area contributed by atoms with Gasteiger partial charge in [0, 0.05) is 0 Å². The van der Waals surface area contributed by atoms with Crippen LogP contribution in [0.2, 0.25) is 0 Å². The average Bonchev–Trinajstić information content (AvgIpc) is 2.82. The van der Waals surface area contributed by atoms with E-state index in [1.807, 2.05) is 0 Å². The van der Waals surface area contributed by atoms with Gasteiger partial charge in [0.05, 0.1) is 26.1 Å². The fraction of sp³-hybridized carbons (Fsp3) is 0.889. The Morgan fingerprint density at radius 1 is 0.676 bits per heavy atom. The summed E-state index contributed by atoms with van der Waals surface area (Å²) in [5, 5.41) is 18.1. The lowest BCUT2D eigenvalue weighted by molar-refractivity contribution is -0.166. The number of unbranched alkanes of at least 4 members (excludes halogenated alkanes) is 15. The molecule has 0 aromatic heterocycles. The highest BCUT2D eigenvalue weighted by atomic mass is 16.6. The molecule has 0 saturated carbocycles. The number of carboxylic acids is 1. The number of aliphatic hydroxyl groups is 1. The van der Waals surface area contributed by atoms with Gasteiger partial charge in [-0.3, -0.25) is 14.4 Å². The van der Waals surface area contributed by atoms with E-state index < -0.39 is 29.9 Å². The van der Waals surface area contributed by atoms with Crippen molar-refractivity contribution < 1.29 is 34.1 Å². The predicted octanol–water partition coefficient (Wildman–Crippen LogP) is 6.20. The van der Waals surface area contributed by atoms with E-state index in [2.05, 4.69) is 6.92 Å². The maximum atomic E-state index is 12.3. The van der Waals surface area contributed by atoms with Gasteiger partial charge in [-0.05, 0) is 13.3 Å². The van der Waals surface area contributed by atoms with Gasteiger partial charge >= 0.3 is 17.9 Å². The zero-order valence-electron chi connectivity index (χ0n) is 21.8. The molecule has 0 aromatic carbocycles. The maximum Gasteiger partial charge on any atom is 0.317 e. The molecule has 0 fully saturated rings. The maximum absolute atomic E-state index is 12.3. The molecule has 0 spiro atoms. The van der Waals surface area contributed by atoms with Crippen LogP contribution in [0, 0.1) is 5.41 Å². The first-order chi connectivity index (χ1) is 16.4. The Bertz CT molecular complexity index is 535. The molecular formula is C27H50O7. The lowest BCUT2D eigenvalue weighted by atomic mass is 9.93. The fourth-order valence-electron chi connectivity index (χ4n) is 3.68. The lowest BCUT2D eigenvalue weighted by Gasteiger charge is -2.24. The number of esters is 2. The first-order valence-corrected chi connectivity index (χ1v) is 13.5. The van der Waals surface area contributed by atoms with Gasteiger partial charge in [-0.1, -0.05) is 103 Å². The van der Waals surface area contributed by atoms with Crippen molar-refractivity contribution in [2.24, 2.45) is 5.41 Å². The van der Waals surface area contributed by atoms with E-state index in [0.717, 1.165) is 19.3 Å². The van der Waals surface area contributed by atoms with Crippen LogP contribution in [0.3, 0.4) is 0 Å². The van der Waals surface area contributed by atoms with Crippen molar-refractivity contribution in [1.82, 2.24) is 0 Å². The van der Waals surface area contributed by atoms with Gasteiger partial charge in [0.1, 0.15) is 12.0 Å². The Balaban J connectivity index is 3.62. The molecule has 0 aliphatic carbocycles. The second-order valence-electron chi connectivity index (χ2n) is 9.71. The summed E-state index contributed by atoms with van der Waals surface area (Å²) in [5.41, 5.74) is -1.34. The standard InChI is InChI=1S/C27H50O7/c1-3-4-5-6-7-8-9-10-11-12-13-14-15-16-17-18-21-33-26(32)27(2,22-28)23-34-25(31)20-19-24(29)30/h28H,3-23H2,1-2H3,(H,29,30). The number of carboxylic acid groups (broad SMARTS) is 1. The zero-order chi connectivity index (χ0) is 25.5. The molecule has 0 saturated heterocycles. The van der Waals surface area contributed by atoms with Gasteiger partial charge in [-0.2, -0.15) is 0 Å². The monoisotopic (exact) mass is 486 g/mol. The van der Waals surface area contributed by atoms with Gasteiger partial charge in [0.2, 0.25) is 0 Å². The van der Waals surface area contributed by atoms with Crippen molar-refractivity contribution in [3.05, 3.63) is 0 Å². The van der Waals surface area contributed by atoms with Crippen LogP contribution in [0.5, 0.6) is 0 Å². The summed E-state index contributed by atoms with van der Waals surface area (Å²) in [7, 11) is 0. The summed E-state index contributed by atoms with van der Waals surface area (Å²) in [6, 6.07) is 0. The van der Waals surface area contributed by atoms with Gasteiger partial charge in [-0.25, -0.2) is 0 Å². The van der Waals surface area contributed by atoms with Crippen LogP contribution < -0.4 is 0 Å². The molecule has 7 heteroatoms. The molecular weight excluding hydrogens is 436 g/mol. The number of hydrogen-bond acceptors (Lipinski definition) is 6. The molecule has 0 aliphatic heterocycles. The largest absolute Gasteiger partial charge is 0.481 e. The summed E-state index contributed by atoms with van der Waals surface area (Å²) in [6.07, 6.45) is 19.7. The molecule has 0 aromatic rings. The zero-order valence-corrected chi connectivity index (χ0v) is 21.8. The second kappa shape index (κ2) is 21.9. The molecule has 0 rings (SSSR count). The Hall–Kier alpha value is -1.63. The number of hydrogen-bond donors (Lipinski definition) is 2. The van der Waals surface area contributed by atoms with Crippen molar-refractivity contribution in [2.75, 3.05) is 19.8 Å². The number of carbonyl (C=O) groups excluding carboxylic acids is 2. The Labute approximate surface area is 207 Å². The summed E-state index contributed by atoms with van der Waals surface area (Å²) in [6.45, 7) is 3.15. The Morgan fingerprint density at radius 2 is 1.12 bits per heavy atom. The SMILES string of the molecule is CCCCCCCCCCCCCCCCCCOC(=O)C(C)(CO)COC(=O)CCC(=O)O. The van der Waals surface area contributed by atoms with E-state index in [-0.39, 0.29) is 26.1 Å². The highest BCUT2D eigenvalue weighted by Crippen LogP contribution is 2.19. The van der Waals surface area contributed by atoms with Gasteiger partial charge in [-0.15, -0.1) is 0 Å². The minimum absolute atomic E-state index is 0.273. The first kappa shape index (κ1) is 32.4. The molecule has 7 nitrogen and oxygen atoms in total. The highest BCUT2D eigenvalue weighted by molar-refractivity contribution is 5.79. The molecule has 34 heavy (non-hydrogen) atoms. The third kappa shape index (κ3) is 18.8. The number of rotatable bonds is 24. The van der Waals surface area contributed by atoms with Crippen LogP contribution in [0.1, 0.15) is 129 Å². The van der Waals surface area contributed by atoms with Crippen LogP contribution in [-0.2, 0) is 23.9 Å². The van der Waals surface area contributed by atoms with E-state index in [1.54, 1.807) is 0 Å². The fourth-order valence-corrected chi connectivity index (χ4v) is 3.68. The van der Waals surface area contributed by atoms with Crippen molar-refractivity contribution in [1.29, 1.82) is 0 Å². The molecule has 200 valence electrons. The predicted molar refractivity (Wildman–Crippen MR) is 134 cm³/mol. The Kier molecular flexibility index (Phi) is 20.8. The van der Waals surface area contributed by atoms with Crippen molar-refractivity contribution in [3.8, 4) is 0 Å². The molecule has 0 bridgehead atoms. The molecule has 1 unspecified atom stereocenters. The normalized spacial score (nSPS) is 12.8. The minimum Gasteiger partial charge on any atom is -0.481 e. The summed E-state index contributed by atoms with van der Waals surface area (Å²) < 4.78 is 10.2. The molecule has 0 aliphatic rings. The summed E-state index contributed by atoms with van der Waals surface area (Å²) in [5.74, 6) is -2.42. The summed E-state index contributed by atoms with van der Waals surface area (Å²) in [4.78, 5) is 34.3. The topological polar surface area (TPSA) is 110 Å². The number of carbonyl (C=O) groups is 3. The van der Waals surface area contributed by atoms with Crippen LogP contribution in [-0.4, -0.2) is 47.9 Å². The average molecular weight is 487 g/mol. The lowest BCUT2D eigenvalue weighted by Crippen LogP contribution is -2.39. The van der Waals surface area contributed by atoms with E-state index in [4.69, 9.17) is 14.6 Å². The second-order valence-corrected chi connectivity index (χ2v) is 9.71. The molecule has 0 radical (unpaired) electrons. The first-order valence-electron chi connectivity index (χ1n) is 13.5.